The van der Waals surface area contributed by atoms with Crippen LogP contribution in [0.1, 0.15) is 66.9 Å². The molecule has 1 atom stereocenters. The van der Waals surface area contributed by atoms with Gasteiger partial charge in [0.25, 0.3) is 5.91 Å². The third-order valence-corrected chi connectivity index (χ3v) is 8.17. The smallest absolute Gasteiger partial charge is 0.323 e. The summed E-state index contributed by atoms with van der Waals surface area (Å²) in [5.74, 6) is 0.913. The number of ether oxygens (including phenoxy) is 1. The van der Waals surface area contributed by atoms with E-state index in [1.54, 1.807) is 6.07 Å². The van der Waals surface area contributed by atoms with E-state index in [0.717, 1.165) is 63.2 Å². The molecular weight excluding hydrogens is 512 g/mol. The van der Waals surface area contributed by atoms with Crippen LogP contribution in [0.5, 0.6) is 0 Å². The molecule has 0 aliphatic carbocycles. The van der Waals surface area contributed by atoms with Crippen molar-refractivity contribution in [3.63, 3.8) is 0 Å². The summed E-state index contributed by atoms with van der Waals surface area (Å²) in [5, 5.41) is 8.88. The monoisotopic (exact) mass is 554 g/mol. The lowest BCUT2D eigenvalue weighted by Gasteiger charge is -2.35. The molecule has 3 amide bonds. The first kappa shape index (κ1) is 28.7. The minimum absolute atomic E-state index is 0.0605. The molecule has 0 radical (unpaired) electrons. The third-order valence-electron chi connectivity index (χ3n) is 8.17. The van der Waals surface area contributed by atoms with Gasteiger partial charge in [0.1, 0.15) is 0 Å². The molecule has 7 nitrogen and oxygen atoms in total. The molecule has 0 aromatic heterocycles. The number of benzene rings is 3. The van der Waals surface area contributed by atoms with Gasteiger partial charge in [0, 0.05) is 43.3 Å². The standard InChI is InChI=1S/C34H42N4O3/c1-24(2)27-10-12-28(13-11-27)36-34(40)37-29-14-15-32(31(22-29)33(39)35-23-30-9-6-20-41-30)38-18-16-26(17-19-38)21-25-7-4-3-5-8-25/h3-5,7-8,10-15,22,24,26,30H,6,9,16-21,23H2,1-2H3,(H,35,39)(H2,36,37,40)/t30-/m0/s1. The fourth-order valence-corrected chi connectivity index (χ4v) is 5.75. The van der Waals surface area contributed by atoms with E-state index in [0.29, 0.717) is 29.6 Å². The van der Waals surface area contributed by atoms with Crippen molar-refractivity contribution in [1.82, 2.24) is 5.32 Å². The molecule has 2 fully saturated rings. The van der Waals surface area contributed by atoms with Gasteiger partial charge in [-0.3, -0.25) is 4.79 Å². The molecule has 2 aliphatic rings. The Balaban J connectivity index is 1.26. The summed E-state index contributed by atoms with van der Waals surface area (Å²) in [4.78, 5) is 28.6. The van der Waals surface area contributed by atoms with E-state index in [4.69, 9.17) is 4.74 Å². The van der Waals surface area contributed by atoms with Gasteiger partial charge in [-0.1, -0.05) is 56.3 Å². The van der Waals surface area contributed by atoms with Crippen molar-refractivity contribution in [3.05, 3.63) is 89.5 Å². The lowest BCUT2D eigenvalue weighted by Crippen LogP contribution is -2.37. The molecule has 7 heteroatoms. The Hall–Kier alpha value is -3.84. The molecule has 0 spiro atoms. The summed E-state index contributed by atoms with van der Waals surface area (Å²) in [6.07, 6.45) is 5.28. The molecule has 2 aliphatic heterocycles. The maximum absolute atomic E-state index is 13.5. The van der Waals surface area contributed by atoms with Gasteiger partial charge in [0.05, 0.1) is 11.7 Å². The fourth-order valence-electron chi connectivity index (χ4n) is 5.75. The maximum atomic E-state index is 13.5. The zero-order chi connectivity index (χ0) is 28.6. The second-order valence-electron chi connectivity index (χ2n) is 11.6. The van der Waals surface area contributed by atoms with Gasteiger partial charge in [-0.25, -0.2) is 4.79 Å². The predicted octanol–water partition coefficient (Wildman–Crippen LogP) is 6.82. The second-order valence-corrected chi connectivity index (χ2v) is 11.6. The zero-order valence-corrected chi connectivity index (χ0v) is 24.2. The molecule has 2 heterocycles. The van der Waals surface area contributed by atoms with E-state index in [2.05, 4.69) is 65.0 Å². The number of rotatable bonds is 9. The Kier molecular flexibility index (Phi) is 9.57. The highest BCUT2D eigenvalue weighted by molar-refractivity contribution is 6.04. The number of nitrogens with zero attached hydrogens (tertiary/aromatic N) is 1. The lowest BCUT2D eigenvalue weighted by atomic mass is 9.89. The quantitative estimate of drug-likeness (QED) is 0.271. The van der Waals surface area contributed by atoms with Gasteiger partial charge < -0.3 is 25.6 Å². The molecule has 3 aromatic rings. The Morgan fingerprint density at radius 2 is 1.61 bits per heavy atom. The van der Waals surface area contributed by atoms with Crippen molar-refractivity contribution < 1.29 is 14.3 Å². The SMILES string of the molecule is CC(C)c1ccc(NC(=O)Nc2ccc(N3CCC(Cc4ccccc4)CC3)c(C(=O)NC[C@@H]3CCCO3)c2)cc1. The molecular formula is C34H42N4O3. The number of carbonyl (C=O) groups is 2. The normalized spacial score (nSPS) is 17.4. The van der Waals surface area contributed by atoms with Gasteiger partial charge in [-0.05, 0) is 85.4 Å². The Morgan fingerprint density at radius 1 is 0.902 bits per heavy atom. The number of nitrogens with one attached hydrogen (secondary N) is 3. The minimum Gasteiger partial charge on any atom is -0.376 e. The topological polar surface area (TPSA) is 82.7 Å². The van der Waals surface area contributed by atoms with Crippen molar-refractivity contribution in [3.8, 4) is 0 Å². The summed E-state index contributed by atoms with van der Waals surface area (Å²) < 4.78 is 5.71. The van der Waals surface area contributed by atoms with E-state index in [1.165, 1.54) is 11.1 Å². The van der Waals surface area contributed by atoms with Crippen LogP contribution in [0.15, 0.2) is 72.8 Å². The molecule has 3 N–H and O–H groups in total. The van der Waals surface area contributed by atoms with E-state index in [1.807, 2.05) is 36.4 Å². The number of amides is 3. The van der Waals surface area contributed by atoms with Crippen molar-refractivity contribution in [1.29, 1.82) is 0 Å². The number of hydrogen-bond acceptors (Lipinski definition) is 4. The van der Waals surface area contributed by atoms with Gasteiger partial charge in [-0.15, -0.1) is 0 Å². The average Bonchev–Trinajstić information content (AvgIpc) is 3.51. The zero-order valence-electron chi connectivity index (χ0n) is 24.2. The second kappa shape index (κ2) is 13.7. The molecule has 216 valence electrons. The van der Waals surface area contributed by atoms with E-state index < -0.39 is 0 Å². The van der Waals surface area contributed by atoms with Crippen molar-refractivity contribution >= 4 is 29.0 Å². The molecule has 41 heavy (non-hydrogen) atoms. The van der Waals surface area contributed by atoms with Crippen LogP contribution in [-0.2, 0) is 11.2 Å². The van der Waals surface area contributed by atoms with Crippen molar-refractivity contribution in [2.45, 2.75) is 58.0 Å². The lowest BCUT2D eigenvalue weighted by molar-refractivity contribution is 0.0858. The highest BCUT2D eigenvalue weighted by Gasteiger charge is 2.25. The largest absolute Gasteiger partial charge is 0.376 e. The molecule has 3 aromatic carbocycles. The number of carbonyl (C=O) groups excluding carboxylic acids is 2. The van der Waals surface area contributed by atoms with Crippen LogP contribution in [0, 0.1) is 5.92 Å². The number of hydrogen-bond donors (Lipinski definition) is 3. The first-order valence-corrected chi connectivity index (χ1v) is 15.0. The van der Waals surface area contributed by atoms with Crippen LogP contribution in [0.3, 0.4) is 0 Å². The highest BCUT2D eigenvalue weighted by atomic mass is 16.5. The molecule has 0 bridgehead atoms. The first-order valence-electron chi connectivity index (χ1n) is 15.0. The summed E-state index contributed by atoms with van der Waals surface area (Å²) in [6.45, 7) is 7.30. The van der Waals surface area contributed by atoms with Gasteiger partial charge in [0.15, 0.2) is 0 Å². The summed E-state index contributed by atoms with van der Waals surface area (Å²) >= 11 is 0. The van der Waals surface area contributed by atoms with Gasteiger partial charge >= 0.3 is 6.03 Å². The average molecular weight is 555 g/mol. The van der Waals surface area contributed by atoms with E-state index in [-0.39, 0.29) is 18.0 Å². The first-order chi connectivity index (χ1) is 19.9. The maximum Gasteiger partial charge on any atom is 0.323 e. The van der Waals surface area contributed by atoms with Gasteiger partial charge in [0.2, 0.25) is 0 Å². The predicted molar refractivity (Wildman–Crippen MR) is 166 cm³/mol. The van der Waals surface area contributed by atoms with E-state index >= 15 is 0 Å². The fraction of sp³-hybridized carbons (Fsp3) is 0.412. The van der Waals surface area contributed by atoms with E-state index in [9.17, 15) is 9.59 Å². The van der Waals surface area contributed by atoms with Crippen LogP contribution in [0.4, 0.5) is 21.9 Å². The summed E-state index contributed by atoms with van der Waals surface area (Å²) in [6, 6.07) is 23.8. The molecule has 5 rings (SSSR count). The minimum atomic E-state index is -0.345. The molecule has 0 saturated carbocycles. The van der Waals surface area contributed by atoms with Crippen LogP contribution in [-0.4, -0.2) is 44.3 Å². The summed E-state index contributed by atoms with van der Waals surface area (Å²) in [7, 11) is 0. The Labute approximate surface area is 243 Å². The van der Waals surface area contributed by atoms with Crippen LogP contribution >= 0.6 is 0 Å². The summed E-state index contributed by atoms with van der Waals surface area (Å²) in [5.41, 5.74) is 5.37. The van der Waals surface area contributed by atoms with Crippen LogP contribution in [0.2, 0.25) is 0 Å². The Bertz CT molecular complexity index is 1300. The number of urea groups is 1. The molecule has 0 unspecified atom stereocenters. The third kappa shape index (κ3) is 7.88. The highest BCUT2D eigenvalue weighted by Crippen LogP contribution is 2.30. The Morgan fingerprint density at radius 3 is 2.29 bits per heavy atom. The van der Waals surface area contributed by atoms with Crippen LogP contribution in [0.25, 0.3) is 0 Å². The van der Waals surface area contributed by atoms with Crippen LogP contribution < -0.4 is 20.9 Å². The number of anilines is 3. The van der Waals surface area contributed by atoms with Crippen molar-refractivity contribution in [2.24, 2.45) is 5.92 Å². The van der Waals surface area contributed by atoms with Gasteiger partial charge in [-0.2, -0.15) is 0 Å². The molecule has 2 saturated heterocycles. The number of piperidine rings is 1. The van der Waals surface area contributed by atoms with Crippen molar-refractivity contribution in [2.75, 3.05) is 41.8 Å².